The quantitative estimate of drug-likeness (QED) is 0.177. The molecule has 254 valence electrons. The van der Waals surface area contributed by atoms with Crippen LogP contribution in [0.5, 0.6) is 0 Å². The monoisotopic (exact) mass is 632 g/mol. The van der Waals surface area contributed by atoms with E-state index in [1.807, 2.05) is 6.92 Å². The summed E-state index contributed by atoms with van der Waals surface area (Å²) in [6.07, 6.45) is 3.43. The predicted molar refractivity (Wildman–Crippen MR) is 165 cm³/mol. The van der Waals surface area contributed by atoms with Gasteiger partial charge in [0.25, 0.3) is 0 Å². The van der Waals surface area contributed by atoms with Gasteiger partial charge in [0.15, 0.2) is 0 Å². The summed E-state index contributed by atoms with van der Waals surface area (Å²) in [5.74, 6) is -0.0440. The van der Waals surface area contributed by atoms with Crippen LogP contribution in [0.15, 0.2) is 11.6 Å². The number of rotatable bonds is 4. The smallest absolute Gasteiger partial charge is 0.315 e. The third-order valence-electron chi connectivity index (χ3n) is 15.1. The highest BCUT2D eigenvalue weighted by Crippen LogP contribution is 2.75. The first-order chi connectivity index (χ1) is 20.9. The average molecular weight is 633 g/mol. The Kier molecular flexibility index (Phi) is 8.07. The van der Waals surface area contributed by atoms with Gasteiger partial charge in [-0.1, -0.05) is 53.2 Å². The molecule has 0 amide bonds. The van der Waals surface area contributed by atoms with Crippen molar-refractivity contribution in [3.8, 4) is 0 Å². The van der Waals surface area contributed by atoms with Crippen LogP contribution in [0.25, 0.3) is 0 Å². The second-order valence-electron chi connectivity index (χ2n) is 17.5. The molecule has 5 N–H and O–H groups in total. The van der Waals surface area contributed by atoms with Crippen molar-refractivity contribution in [3.05, 3.63) is 11.6 Å². The van der Waals surface area contributed by atoms with Crippen molar-refractivity contribution < 1.29 is 44.6 Å². The Hall–Kier alpha value is -1.36. The summed E-state index contributed by atoms with van der Waals surface area (Å²) in [6, 6.07) is 0. The minimum atomic E-state index is -1.63. The predicted octanol–water partition coefficient (Wildman–Crippen LogP) is 3.67. The summed E-state index contributed by atoms with van der Waals surface area (Å²) in [4.78, 5) is 26.9. The fourth-order valence-electron chi connectivity index (χ4n) is 11.9. The highest BCUT2D eigenvalue weighted by atomic mass is 16.7. The summed E-state index contributed by atoms with van der Waals surface area (Å²) in [5, 5.41) is 52.0. The molecule has 6 aliphatic rings. The van der Waals surface area contributed by atoms with E-state index in [1.54, 1.807) is 0 Å². The van der Waals surface area contributed by atoms with Gasteiger partial charge in [0.05, 0.1) is 23.5 Å². The van der Waals surface area contributed by atoms with E-state index in [1.165, 1.54) is 5.57 Å². The normalized spacial score (nSPS) is 53.9. The Morgan fingerprint density at radius 2 is 1.60 bits per heavy atom. The van der Waals surface area contributed by atoms with Crippen molar-refractivity contribution in [2.45, 2.75) is 143 Å². The zero-order chi connectivity index (χ0) is 33.0. The van der Waals surface area contributed by atoms with Crippen molar-refractivity contribution in [3.63, 3.8) is 0 Å². The molecule has 5 fully saturated rings. The van der Waals surface area contributed by atoms with Gasteiger partial charge in [0.1, 0.15) is 30.7 Å². The van der Waals surface area contributed by atoms with Crippen LogP contribution in [-0.4, -0.2) is 81.2 Å². The van der Waals surface area contributed by atoms with Gasteiger partial charge in [0, 0.05) is 0 Å². The number of aliphatic hydroxyl groups is 5. The number of carbonyl (C=O) groups is 2. The van der Waals surface area contributed by atoms with Crippen molar-refractivity contribution in [1.29, 1.82) is 0 Å². The fourth-order valence-corrected chi connectivity index (χ4v) is 11.9. The number of aliphatic hydroxyl groups excluding tert-OH is 5. The molecule has 1 heterocycles. The molecule has 0 spiro atoms. The van der Waals surface area contributed by atoms with Crippen LogP contribution >= 0.6 is 0 Å². The van der Waals surface area contributed by atoms with Crippen molar-refractivity contribution in [2.24, 2.45) is 50.2 Å². The molecule has 9 heteroatoms. The molecular formula is C36H56O9. The standard InChI is InChI=1S/C36H56O9/c1-31(2)13-15-36(30(43)45-29-28(42)27(41)26(40)22(18-37)44-29)16-14-34(5)20(21(36)17-31)7-8-24-32(3)11-10-25(39)33(4,19-38)23(32)9-12-35(24,34)6/h7,19,21-29,37,39-42H,8-18H2,1-6H3/t21?,22?,23?,24?,25-,26+,27-,28-,29?,32-,33-,34+,35+,36-/m0/s1. The summed E-state index contributed by atoms with van der Waals surface area (Å²) in [7, 11) is 0. The van der Waals surface area contributed by atoms with Crippen molar-refractivity contribution in [2.75, 3.05) is 6.61 Å². The number of esters is 1. The maximum Gasteiger partial charge on any atom is 0.315 e. The second kappa shape index (κ2) is 10.8. The van der Waals surface area contributed by atoms with Crippen LogP contribution in [0.1, 0.15) is 106 Å². The number of hydrogen-bond acceptors (Lipinski definition) is 9. The minimum Gasteiger partial charge on any atom is -0.432 e. The van der Waals surface area contributed by atoms with Crippen LogP contribution in [-0.2, 0) is 19.1 Å². The third-order valence-corrected chi connectivity index (χ3v) is 15.1. The first-order valence-corrected chi connectivity index (χ1v) is 17.3. The zero-order valence-corrected chi connectivity index (χ0v) is 28.0. The molecule has 14 atom stereocenters. The minimum absolute atomic E-state index is 0.0172. The second-order valence-corrected chi connectivity index (χ2v) is 17.5. The molecule has 0 aromatic heterocycles. The lowest BCUT2D eigenvalue weighted by Gasteiger charge is -2.71. The molecule has 0 bridgehead atoms. The first kappa shape index (κ1) is 33.5. The first-order valence-electron chi connectivity index (χ1n) is 17.3. The van der Waals surface area contributed by atoms with Crippen molar-refractivity contribution in [1.82, 2.24) is 0 Å². The molecule has 45 heavy (non-hydrogen) atoms. The van der Waals surface area contributed by atoms with E-state index in [4.69, 9.17) is 9.47 Å². The van der Waals surface area contributed by atoms with Crippen LogP contribution in [0.2, 0.25) is 0 Å². The molecular weight excluding hydrogens is 576 g/mol. The van der Waals surface area contributed by atoms with Crippen LogP contribution < -0.4 is 0 Å². The lowest BCUT2D eigenvalue weighted by molar-refractivity contribution is -0.297. The maximum absolute atomic E-state index is 14.4. The van der Waals surface area contributed by atoms with E-state index in [-0.39, 0.29) is 33.5 Å². The molecule has 0 radical (unpaired) electrons. The summed E-state index contributed by atoms with van der Waals surface area (Å²) < 4.78 is 11.5. The number of fused-ring (bicyclic) bond motifs is 7. The van der Waals surface area contributed by atoms with Gasteiger partial charge in [0.2, 0.25) is 6.29 Å². The van der Waals surface area contributed by atoms with Gasteiger partial charge in [-0.2, -0.15) is 0 Å². The number of carbonyl (C=O) groups excluding carboxylic acids is 2. The number of allylic oxidation sites excluding steroid dienone is 2. The molecule has 9 nitrogen and oxygen atoms in total. The van der Waals surface area contributed by atoms with Gasteiger partial charge in [-0.05, 0) is 104 Å². The lowest BCUT2D eigenvalue weighted by Crippen LogP contribution is -2.66. The zero-order valence-electron chi connectivity index (χ0n) is 28.0. The lowest BCUT2D eigenvalue weighted by atomic mass is 9.33. The molecule has 0 aromatic rings. The van der Waals surface area contributed by atoms with E-state index in [9.17, 15) is 35.1 Å². The highest BCUT2D eigenvalue weighted by molar-refractivity contribution is 5.79. The fraction of sp³-hybridized carbons (Fsp3) is 0.889. The van der Waals surface area contributed by atoms with E-state index < -0.39 is 60.2 Å². The van der Waals surface area contributed by atoms with Gasteiger partial charge < -0.3 is 39.8 Å². The Morgan fingerprint density at radius 1 is 0.911 bits per heavy atom. The third kappa shape index (κ3) is 4.53. The molecule has 1 aliphatic heterocycles. The Bertz CT molecular complexity index is 1230. The molecule has 6 rings (SSSR count). The van der Waals surface area contributed by atoms with Crippen LogP contribution in [0, 0.1) is 50.2 Å². The van der Waals surface area contributed by atoms with Gasteiger partial charge in [-0.3, -0.25) is 4.79 Å². The summed E-state index contributed by atoms with van der Waals surface area (Å²) in [5.41, 5.74) is -0.510. The molecule has 4 saturated carbocycles. The van der Waals surface area contributed by atoms with Gasteiger partial charge >= 0.3 is 5.97 Å². The van der Waals surface area contributed by atoms with Gasteiger partial charge in [-0.15, -0.1) is 0 Å². The molecule has 5 aliphatic carbocycles. The van der Waals surface area contributed by atoms with Crippen molar-refractivity contribution >= 4 is 12.3 Å². The number of aldehydes is 1. The molecule has 0 aromatic carbocycles. The maximum atomic E-state index is 14.4. The van der Waals surface area contributed by atoms with Gasteiger partial charge in [-0.25, -0.2) is 0 Å². The average Bonchev–Trinajstić information content (AvgIpc) is 2.99. The summed E-state index contributed by atoms with van der Waals surface area (Å²) >= 11 is 0. The van der Waals surface area contributed by atoms with Crippen LogP contribution in [0.4, 0.5) is 0 Å². The van der Waals surface area contributed by atoms with E-state index in [0.717, 1.165) is 51.2 Å². The van der Waals surface area contributed by atoms with E-state index in [0.29, 0.717) is 25.2 Å². The largest absolute Gasteiger partial charge is 0.432 e. The summed E-state index contributed by atoms with van der Waals surface area (Å²) in [6.45, 7) is 13.1. The highest BCUT2D eigenvalue weighted by Gasteiger charge is 2.70. The molecule has 5 unspecified atom stereocenters. The topological polar surface area (TPSA) is 154 Å². The Labute approximate surface area is 267 Å². The number of ether oxygens (including phenoxy) is 2. The Balaban J connectivity index is 1.36. The van der Waals surface area contributed by atoms with Crippen LogP contribution in [0.3, 0.4) is 0 Å². The number of hydrogen-bond donors (Lipinski definition) is 5. The van der Waals surface area contributed by atoms with E-state index >= 15 is 0 Å². The van der Waals surface area contributed by atoms with E-state index in [2.05, 4.69) is 40.7 Å². The SMILES string of the molecule is CC1(C)CC[C@]2(C(=O)OC3OC(CO)[C@@H](O)[C@H](O)[C@@H]3O)CC[C@]3(C)C(=CCC4[C@@]5(C)CC[C@H](O)[C@@](C)(C=O)C5CC[C@]43C)C2C1. The molecule has 1 saturated heterocycles. The Morgan fingerprint density at radius 3 is 2.27 bits per heavy atom.